The molecule has 0 saturated carbocycles. The Morgan fingerprint density at radius 3 is 2.70 bits per heavy atom. The van der Waals surface area contributed by atoms with E-state index in [1.807, 2.05) is 12.1 Å². The van der Waals surface area contributed by atoms with Crippen LogP contribution in [0, 0.1) is 11.3 Å². The maximum atomic E-state index is 12.5. The lowest BCUT2D eigenvalue weighted by Gasteiger charge is -2.18. The molecule has 1 heterocycles. The monoisotopic (exact) mass is 308 g/mol. The molecule has 0 amide bonds. The first-order valence-electron chi connectivity index (χ1n) is 7.99. The van der Waals surface area contributed by atoms with Crippen LogP contribution in [0.15, 0.2) is 35.1 Å². The van der Waals surface area contributed by atoms with Gasteiger partial charge in [0.05, 0.1) is 12.3 Å². The van der Waals surface area contributed by atoms with Gasteiger partial charge in [0.1, 0.15) is 11.6 Å². The van der Waals surface area contributed by atoms with Gasteiger partial charge in [-0.3, -0.25) is 4.79 Å². The fourth-order valence-corrected chi connectivity index (χ4v) is 3.21. The van der Waals surface area contributed by atoms with Crippen molar-refractivity contribution >= 4 is 0 Å². The normalized spacial score (nSPS) is 13.4. The largest absolute Gasteiger partial charge is 0.383 e. The van der Waals surface area contributed by atoms with Crippen molar-refractivity contribution in [1.29, 1.82) is 5.26 Å². The van der Waals surface area contributed by atoms with Gasteiger partial charge < -0.3 is 9.30 Å². The minimum atomic E-state index is -0.250. The summed E-state index contributed by atoms with van der Waals surface area (Å²) in [7, 11) is 1.61. The molecule has 4 nitrogen and oxygen atoms in total. The number of nitriles is 1. The van der Waals surface area contributed by atoms with Crippen LogP contribution in [-0.4, -0.2) is 18.3 Å². The van der Waals surface area contributed by atoms with Gasteiger partial charge in [0.25, 0.3) is 5.56 Å². The number of fused-ring (bicyclic) bond motifs is 1. The molecule has 4 heteroatoms. The zero-order valence-electron chi connectivity index (χ0n) is 13.3. The third kappa shape index (κ3) is 3.06. The molecule has 0 saturated heterocycles. The fourth-order valence-electron chi connectivity index (χ4n) is 3.21. The number of nitrogens with zero attached hydrogens (tertiary/aromatic N) is 2. The van der Waals surface area contributed by atoms with Crippen LogP contribution in [0.1, 0.15) is 29.5 Å². The molecule has 0 fully saturated rings. The molecule has 0 bridgehead atoms. The average molecular weight is 308 g/mol. The molecule has 1 aliphatic carbocycles. The van der Waals surface area contributed by atoms with Crippen LogP contribution in [0.2, 0.25) is 0 Å². The highest BCUT2D eigenvalue weighted by molar-refractivity contribution is 5.62. The molecule has 2 aromatic rings. The summed E-state index contributed by atoms with van der Waals surface area (Å²) < 4.78 is 6.76. The van der Waals surface area contributed by atoms with Crippen molar-refractivity contribution in [2.75, 3.05) is 13.7 Å². The van der Waals surface area contributed by atoms with E-state index in [-0.39, 0.29) is 11.1 Å². The van der Waals surface area contributed by atoms with Crippen LogP contribution in [0.5, 0.6) is 0 Å². The van der Waals surface area contributed by atoms with E-state index in [1.165, 1.54) is 24.0 Å². The summed E-state index contributed by atoms with van der Waals surface area (Å²) in [6, 6.07) is 11.9. The molecule has 23 heavy (non-hydrogen) atoms. The van der Waals surface area contributed by atoms with E-state index in [0.29, 0.717) is 13.2 Å². The summed E-state index contributed by atoms with van der Waals surface area (Å²) in [4.78, 5) is 12.5. The standard InChI is InChI=1S/C19H20N2O2/c1-23-11-10-21-18(9-8-17(13-20)19(21)22)16-7-6-14-4-2-3-5-15(14)12-16/h6-9,12H,2-5,10-11H2,1H3. The number of benzene rings is 1. The van der Waals surface area contributed by atoms with Crippen LogP contribution in [0.4, 0.5) is 0 Å². The number of aryl methyl sites for hydroxylation is 2. The molecule has 0 radical (unpaired) electrons. The van der Waals surface area contributed by atoms with E-state index in [0.717, 1.165) is 24.1 Å². The van der Waals surface area contributed by atoms with E-state index in [9.17, 15) is 4.79 Å². The molecule has 1 aromatic carbocycles. The van der Waals surface area contributed by atoms with Crippen LogP contribution < -0.4 is 5.56 Å². The molecule has 3 rings (SSSR count). The van der Waals surface area contributed by atoms with Gasteiger partial charge >= 0.3 is 0 Å². The van der Waals surface area contributed by atoms with Crippen LogP contribution in [-0.2, 0) is 24.1 Å². The molecule has 1 aliphatic rings. The lowest BCUT2D eigenvalue weighted by Crippen LogP contribution is -2.25. The number of hydrogen-bond donors (Lipinski definition) is 0. The molecule has 0 N–H and O–H groups in total. The van der Waals surface area contributed by atoms with Gasteiger partial charge in [0, 0.05) is 13.7 Å². The Morgan fingerprint density at radius 1 is 1.17 bits per heavy atom. The van der Waals surface area contributed by atoms with Crippen LogP contribution in [0.25, 0.3) is 11.3 Å². The Morgan fingerprint density at radius 2 is 1.96 bits per heavy atom. The molecular weight excluding hydrogens is 288 g/mol. The molecule has 118 valence electrons. The third-order valence-corrected chi connectivity index (χ3v) is 4.46. The maximum Gasteiger partial charge on any atom is 0.269 e. The SMILES string of the molecule is COCCn1c(-c2ccc3c(c2)CCCC3)ccc(C#N)c1=O. The van der Waals surface area contributed by atoms with Crippen molar-refractivity contribution in [1.82, 2.24) is 4.57 Å². The van der Waals surface area contributed by atoms with E-state index in [1.54, 1.807) is 17.7 Å². The predicted molar refractivity (Wildman–Crippen MR) is 89.4 cm³/mol. The summed E-state index contributed by atoms with van der Waals surface area (Å²) >= 11 is 0. The molecular formula is C19H20N2O2. The number of pyridine rings is 1. The summed E-state index contributed by atoms with van der Waals surface area (Å²) in [5.74, 6) is 0. The fraction of sp³-hybridized carbons (Fsp3) is 0.368. The number of ether oxygens (including phenoxy) is 1. The summed E-state index contributed by atoms with van der Waals surface area (Å²) in [6.45, 7) is 0.879. The van der Waals surface area contributed by atoms with Gasteiger partial charge in [0.2, 0.25) is 0 Å². The Bertz CT molecular complexity index is 815. The van der Waals surface area contributed by atoms with Gasteiger partial charge in [-0.15, -0.1) is 0 Å². The molecule has 1 aromatic heterocycles. The van der Waals surface area contributed by atoms with Gasteiger partial charge in [-0.05, 0) is 60.6 Å². The van der Waals surface area contributed by atoms with Crippen LogP contribution >= 0.6 is 0 Å². The van der Waals surface area contributed by atoms with Crippen LogP contribution in [0.3, 0.4) is 0 Å². The molecule has 0 spiro atoms. The third-order valence-electron chi connectivity index (χ3n) is 4.46. The topological polar surface area (TPSA) is 55.0 Å². The minimum absolute atomic E-state index is 0.169. The first kappa shape index (κ1) is 15.5. The van der Waals surface area contributed by atoms with Crippen molar-refractivity contribution in [3.05, 3.63) is 57.4 Å². The summed E-state index contributed by atoms with van der Waals surface area (Å²) in [5.41, 5.74) is 4.59. The van der Waals surface area contributed by atoms with E-state index in [4.69, 9.17) is 10.00 Å². The molecule has 0 aliphatic heterocycles. The van der Waals surface area contributed by atoms with Crippen molar-refractivity contribution in [2.45, 2.75) is 32.2 Å². The highest BCUT2D eigenvalue weighted by atomic mass is 16.5. The zero-order chi connectivity index (χ0) is 16.2. The van der Waals surface area contributed by atoms with E-state index >= 15 is 0 Å². The van der Waals surface area contributed by atoms with Gasteiger partial charge in [-0.2, -0.15) is 5.26 Å². The second-order valence-electron chi connectivity index (χ2n) is 5.88. The van der Waals surface area contributed by atoms with Crippen molar-refractivity contribution in [3.8, 4) is 17.3 Å². The van der Waals surface area contributed by atoms with Crippen molar-refractivity contribution < 1.29 is 4.74 Å². The zero-order valence-corrected chi connectivity index (χ0v) is 13.3. The average Bonchev–Trinajstić information content (AvgIpc) is 2.60. The highest BCUT2D eigenvalue weighted by Crippen LogP contribution is 2.27. The van der Waals surface area contributed by atoms with Crippen molar-refractivity contribution in [3.63, 3.8) is 0 Å². The first-order valence-corrected chi connectivity index (χ1v) is 7.99. The predicted octanol–water partition coefficient (Wildman–Crippen LogP) is 2.91. The van der Waals surface area contributed by atoms with Gasteiger partial charge in [-0.1, -0.05) is 12.1 Å². The van der Waals surface area contributed by atoms with E-state index < -0.39 is 0 Å². The second kappa shape index (κ2) is 6.80. The Hall–Kier alpha value is -2.38. The summed E-state index contributed by atoms with van der Waals surface area (Å²) in [5, 5.41) is 9.09. The van der Waals surface area contributed by atoms with Gasteiger partial charge in [-0.25, -0.2) is 0 Å². The van der Waals surface area contributed by atoms with Crippen molar-refractivity contribution in [2.24, 2.45) is 0 Å². The molecule has 0 unspecified atom stereocenters. The lowest BCUT2D eigenvalue weighted by atomic mass is 9.90. The number of hydrogen-bond acceptors (Lipinski definition) is 3. The minimum Gasteiger partial charge on any atom is -0.383 e. The highest BCUT2D eigenvalue weighted by Gasteiger charge is 2.14. The summed E-state index contributed by atoms with van der Waals surface area (Å²) in [6.07, 6.45) is 4.71. The quantitative estimate of drug-likeness (QED) is 0.872. The number of methoxy groups -OCH3 is 1. The first-order chi connectivity index (χ1) is 11.2. The maximum absolute atomic E-state index is 12.5. The smallest absolute Gasteiger partial charge is 0.269 e. The number of aromatic nitrogens is 1. The lowest BCUT2D eigenvalue weighted by molar-refractivity contribution is 0.186. The van der Waals surface area contributed by atoms with Gasteiger partial charge in [0.15, 0.2) is 0 Å². The van der Waals surface area contributed by atoms with E-state index in [2.05, 4.69) is 18.2 Å². The Balaban J connectivity index is 2.10. The Labute approximate surface area is 135 Å². The Kier molecular flexibility index (Phi) is 4.59. The molecule has 0 atom stereocenters. The number of rotatable bonds is 4. The second-order valence-corrected chi connectivity index (χ2v) is 5.88.